The molecule has 0 aliphatic rings. The van der Waals surface area contributed by atoms with Crippen LogP contribution in [0.1, 0.15) is 27.0 Å². The molecular weight excluding hydrogens is 512 g/mol. The third-order valence-electron chi connectivity index (χ3n) is 5.37. The van der Waals surface area contributed by atoms with E-state index in [2.05, 4.69) is 26.6 Å². The van der Waals surface area contributed by atoms with Crippen LogP contribution in [0.2, 0.25) is 0 Å². The standard InChI is InChI=1S/C27H29BrN2O5/c1-17-13-20(14-18(2)26(17)28)35-16-25(31)30-22-8-6-5-7-21(22)27(32)29-12-11-19-9-10-23(33-3)24(15-19)34-4/h5-10,13-15H,11-12,16H2,1-4H3,(H,29,32)(H,30,31). The molecule has 3 rings (SSSR count). The van der Waals surface area contributed by atoms with Gasteiger partial charge in [0.25, 0.3) is 11.8 Å². The van der Waals surface area contributed by atoms with Crippen molar-refractivity contribution in [1.82, 2.24) is 5.32 Å². The molecular formula is C27H29BrN2O5. The summed E-state index contributed by atoms with van der Waals surface area (Å²) < 4.78 is 17.2. The Balaban J connectivity index is 1.57. The van der Waals surface area contributed by atoms with Gasteiger partial charge in [0.2, 0.25) is 0 Å². The third-order valence-corrected chi connectivity index (χ3v) is 6.62. The molecule has 3 aromatic rings. The van der Waals surface area contributed by atoms with E-state index in [0.29, 0.717) is 41.5 Å². The summed E-state index contributed by atoms with van der Waals surface area (Å²) in [4.78, 5) is 25.3. The molecule has 0 aliphatic heterocycles. The van der Waals surface area contributed by atoms with Gasteiger partial charge in [-0.05, 0) is 73.4 Å². The van der Waals surface area contributed by atoms with Crippen LogP contribution in [0.3, 0.4) is 0 Å². The lowest BCUT2D eigenvalue weighted by atomic mass is 10.1. The summed E-state index contributed by atoms with van der Waals surface area (Å²) in [5.41, 5.74) is 3.85. The first-order chi connectivity index (χ1) is 16.8. The van der Waals surface area contributed by atoms with Crippen molar-refractivity contribution in [3.63, 3.8) is 0 Å². The molecule has 0 spiro atoms. The van der Waals surface area contributed by atoms with E-state index in [1.165, 1.54) is 0 Å². The number of carbonyl (C=O) groups is 2. The SMILES string of the molecule is COc1ccc(CCNC(=O)c2ccccc2NC(=O)COc2cc(C)c(Br)c(C)c2)cc1OC. The summed E-state index contributed by atoms with van der Waals surface area (Å²) in [7, 11) is 3.17. The molecule has 0 saturated carbocycles. The minimum atomic E-state index is -0.353. The maximum atomic E-state index is 12.8. The first kappa shape index (κ1) is 26.1. The summed E-state index contributed by atoms with van der Waals surface area (Å²) in [6, 6.07) is 16.2. The Hall–Kier alpha value is -3.52. The molecule has 2 N–H and O–H groups in total. The number of halogens is 1. The zero-order valence-electron chi connectivity index (χ0n) is 20.2. The van der Waals surface area contributed by atoms with E-state index >= 15 is 0 Å². The molecule has 0 saturated heterocycles. The van der Waals surface area contributed by atoms with E-state index in [9.17, 15) is 9.59 Å². The molecule has 2 amide bonds. The Kier molecular flexibility index (Phi) is 9.14. The van der Waals surface area contributed by atoms with Crippen LogP contribution >= 0.6 is 15.9 Å². The number of amides is 2. The second-order valence-corrected chi connectivity index (χ2v) is 8.74. The highest BCUT2D eigenvalue weighted by atomic mass is 79.9. The summed E-state index contributed by atoms with van der Waals surface area (Å²) in [6.07, 6.45) is 0.612. The van der Waals surface area contributed by atoms with Crippen LogP contribution in [-0.4, -0.2) is 39.2 Å². The fourth-order valence-electron chi connectivity index (χ4n) is 3.57. The zero-order chi connectivity index (χ0) is 25.4. The molecule has 3 aromatic carbocycles. The van der Waals surface area contributed by atoms with Gasteiger partial charge in [-0.25, -0.2) is 0 Å². The normalized spacial score (nSPS) is 10.4. The van der Waals surface area contributed by atoms with Gasteiger partial charge in [-0.2, -0.15) is 0 Å². The number of hydrogen-bond donors (Lipinski definition) is 2. The maximum Gasteiger partial charge on any atom is 0.262 e. The monoisotopic (exact) mass is 540 g/mol. The molecule has 0 bridgehead atoms. The second-order valence-electron chi connectivity index (χ2n) is 7.95. The summed E-state index contributed by atoms with van der Waals surface area (Å²) in [6.45, 7) is 4.17. The van der Waals surface area contributed by atoms with Gasteiger partial charge < -0.3 is 24.8 Å². The molecule has 0 heterocycles. The van der Waals surface area contributed by atoms with Gasteiger partial charge in [0, 0.05) is 11.0 Å². The molecule has 0 aromatic heterocycles. The van der Waals surface area contributed by atoms with Crippen molar-refractivity contribution >= 4 is 33.4 Å². The first-order valence-corrected chi connectivity index (χ1v) is 11.9. The van der Waals surface area contributed by atoms with Crippen molar-refractivity contribution in [2.24, 2.45) is 0 Å². The number of anilines is 1. The molecule has 0 aliphatic carbocycles. The maximum absolute atomic E-state index is 12.8. The lowest BCUT2D eigenvalue weighted by molar-refractivity contribution is -0.118. The van der Waals surface area contributed by atoms with Crippen molar-refractivity contribution in [3.05, 3.63) is 81.3 Å². The van der Waals surface area contributed by atoms with Crippen LogP contribution < -0.4 is 24.8 Å². The first-order valence-electron chi connectivity index (χ1n) is 11.1. The van der Waals surface area contributed by atoms with Gasteiger partial charge in [0.15, 0.2) is 18.1 Å². The lowest BCUT2D eigenvalue weighted by Crippen LogP contribution is -2.28. The van der Waals surface area contributed by atoms with Gasteiger partial charge >= 0.3 is 0 Å². The van der Waals surface area contributed by atoms with E-state index in [1.54, 1.807) is 38.5 Å². The van der Waals surface area contributed by atoms with E-state index in [0.717, 1.165) is 21.2 Å². The van der Waals surface area contributed by atoms with Gasteiger partial charge in [0.05, 0.1) is 25.5 Å². The van der Waals surface area contributed by atoms with E-state index in [-0.39, 0.29) is 18.4 Å². The summed E-state index contributed by atoms with van der Waals surface area (Å²) in [5.74, 6) is 1.27. The number of rotatable bonds is 10. The highest BCUT2D eigenvalue weighted by molar-refractivity contribution is 9.10. The minimum Gasteiger partial charge on any atom is -0.493 e. The van der Waals surface area contributed by atoms with Gasteiger partial charge in [-0.1, -0.05) is 34.1 Å². The number of methoxy groups -OCH3 is 2. The van der Waals surface area contributed by atoms with Crippen LogP contribution in [0.15, 0.2) is 59.1 Å². The molecule has 184 valence electrons. The predicted molar refractivity (Wildman–Crippen MR) is 140 cm³/mol. The number of ether oxygens (including phenoxy) is 3. The predicted octanol–water partition coefficient (Wildman–Crippen LogP) is 5.07. The Morgan fingerprint density at radius 3 is 2.29 bits per heavy atom. The van der Waals surface area contributed by atoms with E-state index in [1.807, 2.05) is 44.2 Å². The van der Waals surface area contributed by atoms with Crippen molar-refractivity contribution in [3.8, 4) is 17.2 Å². The van der Waals surface area contributed by atoms with Crippen LogP contribution in [0.4, 0.5) is 5.69 Å². The van der Waals surface area contributed by atoms with Crippen LogP contribution in [0.25, 0.3) is 0 Å². The van der Waals surface area contributed by atoms with Crippen molar-refractivity contribution in [2.75, 3.05) is 32.7 Å². The Bertz CT molecular complexity index is 1190. The molecule has 0 unspecified atom stereocenters. The van der Waals surface area contributed by atoms with Crippen LogP contribution in [0.5, 0.6) is 17.2 Å². The number of benzene rings is 3. The van der Waals surface area contributed by atoms with Gasteiger partial charge in [-0.15, -0.1) is 0 Å². The number of nitrogens with one attached hydrogen (secondary N) is 2. The van der Waals surface area contributed by atoms with Crippen LogP contribution in [0, 0.1) is 13.8 Å². The topological polar surface area (TPSA) is 85.9 Å². The van der Waals surface area contributed by atoms with Crippen molar-refractivity contribution < 1.29 is 23.8 Å². The number of carbonyl (C=O) groups excluding carboxylic acids is 2. The molecule has 8 heteroatoms. The quantitative estimate of drug-likeness (QED) is 0.374. The smallest absolute Gasteiger partial charge is 0.262 e. The Morgan fingerprint density at radius 2 is 1.60 bits per heavy atom. The average molecular weight is 541 g/mol. The van der Waals surface area contributed by atoms with E-state index in [4.69, 9.17) is 14.2 Å². The molecule has 0 atom stereocenters. The minimum absolute atomic E-state index is 0.171. The summed E-state index contributed by atoms with van der Waals surface area (Å²) >= 11 is 3.52. The van der Waals surface area contributed by atoms with Gasteiger partial charge in [-0.3, -0.25) is 9.59 Å². The number of hydrogen-bond acceptors (Lipinski definition) is 5. The zero-order valence-corrected chi connectivity index (χ0v) is 21.8. The van der Waals surface area contributed by atoms with Gasteiger partial charge in [0.1, 0.15) is 5.75 Å². The number of aryl methyl sites for hydroxylation is 2. The molecule has 35 heavy (non-hydrogen) atoms. The number of para-hydroxylation sites is 1. The molecule has 0 radical (unpaired) electrons. The Labute approximate surface area is 213 Å². The van der Waals surface area contributed by atoms with Crippen molar-refractivity contribution in [1.29, 1.82) is 0 Å². The fourth-order valence-corrected chi connectivity index (χ4v) is 3.80. The average Bonchev–Trinajstić information content (AvgIpc) is 2.86. The lowest BCUT2D eigenvalue weighted by Gasteiger charge is -2.13. The van der Waals surface area contributed by atoms with Crippen molar-refractivity contribution in [2.45, 2.75) is 20.3 Å². The third kappa shape index (κ3) is 6.99. The summed E-state index contributed by atoms with van der Waals surface area (Å²) in [5, 5.41) is 5.68. The highest BCUT2D eigenvalue weighted by Gasteiger charge is 2.14. The van der Waals surface area contributed by atoms with Crippen LogP contribution in [-0.2, 0) is 11.2 Å². The van der Waals surface area contributed by atoms with E-state index < -0.39 is 0 Å². The molecule has 7 nitrogen and oxygen atoms in total. The second kappa shape index (κ2) is 12.3. The molecule has 0 fully saturated rings. The fraction of sp³-hybridized carbons (Fsp3) is 0.259. The Morgan fingerprint density at radius 1 is 0.914 bits per heavy atom. The highest BCUT2D eigenvalue weighted by Crippen LogP contribution is 2.28. The largest absolute Gasteiger partial charge is 0.493 e.